The Hall–Kier alpha value is -1.72. The van der Waals surface area contributed by atoms with E-state index in [1.807, 2.05) is 64.7 Å². The van der Waals surface area contributed by atoms with Gasteiger partial charge in [-0.25, -0.2) is 4.79 Å². The summed E-state index contributed by atoms with van der Waals surface area (Å²) in [5.41, 5.74) is 4.02. The summed E-state index contributed by atoms with van der Waals surface area (Å²) < 4.78 is 8.39. The van der Waals surface area contributed by atoms with Crippen LogP contribution in [0.4, 0.5) is 0 Å². The number of hydrogen-bond acceptors (Lipinski definition) is 3. The third-order valence-electron chi connectivity index (χ3n) is 3.02. The molecule has 0 saturated carbocycles. The zero-order valence-electron chi connectivity index (χ0n) is 11.3. The van der Waals surface area contributed by atoms with E-state index in [-0.39, 0.29) is 29.5 Å². The van der Waals surface area contributed by atoms with Crippen molar-refractivity contribution in [2.24, 2.45) is 0 Å². The number of nitrogens with zero attached hydrogens (tertiary/aromatic N) is 1. The van der Waals surface area contributed by atoms with Gasteiger partial charge in [0.15, 0.2) is 0 Å². The van der Waals surface area contributed by atoms with E-state index < -0.39 is 0 Å². The van der Waals surface area contributed by atoms with Crippen molar-refractivity contribution in [1.29, 1.82) is 0 Å². The number of fused-ring (bicyclic) bond motifs is 1. The average molecular weight is 365 g/mol. The van der Waals surface area contributed by atoms with Crippen LogP contribution in [0.25, 0.3) is 10.2 Å². The number of carbonyl (C=O) groups is 1. The van der Waals surface area contributed by atoms with Crippen LogP contribution in [0.1, 0.15) is 5.56 Å². The van der Waals surface area contributed by atoms with E-state index in [4.69, 9.17) is 4.74 Å². The van der Waals surface area contributed by atoms with Gasteiger partial charge in [-0.05, 0) is 11.6 Å². The number of thiazole rings is 1. The first-order valence-electron chi connectivity index (χ1n) is 6.38. The molecule has 0 aliphatic rings. The highest BCUT2D eigenvalue weighted by molar-refractivity contribution is 8.93. The van der Waals surface area contributed by atoms with Crippen LogP contribution in [0.3, 0.4) is 0 Å². The van der Waals surface area contributed by atoms with E-state index in [9.17, 15) is 4.79 Å². The minimum Gasteiger partial charge on any atom is -0.456 e. The third-order valence-corrected chi connectivity index (χ3v) is 3.98. The zero-order chi connectivity index (χ0) is 13.8. The Bertz CT molecular complexity index is 727. The fourth-order valence-corrected chi connectivity index (χ4v) is 2.91. The maximum absolute atomic E-state index is 11.9. The van der Waals surface area contributed by atoms with Crippen molar-refractivity contribution in [3.05, 3.63) is 65.7 Å². The largest absolute Gasteiger partial charge is 0.456 e. The number of ether oxygens (including phenoxy) is 1. The van der Waals surface area contributed by atoms with E-state index in [0.717, 1.165) is 11.1 Å². The summed E-state index contributed by atoms with van der Waals surface area (Å²) in [5, 5.41) is 0. The van der Waals surface area contributed by atoms with Gasteiger partial charge >= 0.3 is 5.97 Å². The number of esters is 1. The van der Waals surface area contributed by atoms with Gasteiger partial charge in [0.25, 0.3) is 0 Å². The number of hydrogen-bond donors (Lipinski definition) is 0. The lowest BCUT2D eigenvalue weighted by atomic mass is 10.2. The van der Waals surface area contributed by atoms with E-state index in [1.54, 1.807) is 11.3 Å². The molecule has 0 unspecified atom stereocenters. The molecule has 0 atom stereocenters. The minimum absolute atomic E-state index is 0. The Kier molecular flexibility index (Phi) is 5.47. The molecule has 3 nitrogen and oxygen atoms in total. The SMILES string of the molecule is Br.O=C(C[n+]1csc2ccccc21)OCc1ccccc1. The lowest BCUT2D eigenvalue weighted by molar-refractivity contribution is -0.655. The van der Waals surface area contributed by atoms with Crippen molar-refractivity contribution in [2.45, 2.75) is 13.2 Å². The van der Waals surface area contributed by atoms with Crippen molar-refractivity contribution in [3.8, 4) is 0 Å². The summed E-state index contributed by atoms with van der Waals surface area (Å²) in [5.74, 6) is -0.220. The molecule has 0 radical (unpaired) electrons. The van der Waals surface area contributed by atoms with E-state index in [0.29, 0.717) is 6.61 Å². The Balaban J connectivity index is 0.00000161. The molecular formula is C16H15BrNO2S+. The van der Waals surface area contributed by atoms with Crippen LogP contribution >= 0.6 is 28.3 Å². The highest BCUT2D eigenvalue weighted by atomic mass is 79.9. The monoisotopic (exact) mass is 364 g/mol. The average Bonchev–Trinajstić information content (AvgIpc) is 2.90. The van der Waals surface area contributed by atoms with Crippen LogP contribution in [0.5, 0.6) is 0 Å². The molecule has 1 heterocycles. The molecule has 108 valence electrons. The molecule has 2 aromatic carbocycles. The van der Waals surface area contributed by atoms with Gasteiger partial charge in [-0.2, -0.15) is 4.57 Å². The summed E-state index contributed by atoms with van der Waals surface area (Å²) in [6.07, 6.45) is 0. The van der Waals surface area contributed by atoms with Gasteiger partial charge in [0.05, 0.1) is 0 Å². The van der Waals surface area contributed by atoms with Gasteiger partial charge < -0.3 is 4.74 Å². The predicted molar refractivity (Wildman–Crippen MR) is 88.6 cm³/mol. The number of rotatable bonds is 4. The maximum atomic E-state index is 11.9. The number of para-hydroxylation sites is 1. The van der Waals surface area contributed by atoms with Crippen LogP contribution in [-0.4, -0.2) is 5.97 Å². The Morgan fingerprint density at radius 2 is 1.76 bits per heavy atom. The third kappa shape index (κ3) is 3.89. The van der Waals surface area contributed by atoms with Crippen LogP contribution in [-0.2, 0) is 22.7 Å². The van der Waals surface area contributed by atoms with Crippen molar-refractivity contribution in [1.82, 2.24) is 0 Å². The van der Waals surface area contributed by atoms with Crippen molar-refractivity contribution >= 4 is 44.5 Å². The molecule has 1 aromatic heterocycles. The second kappa shape index (κ2) is 7.33. The van der Waals surface area contributed by atoms with Gasteiger partial charge in [0, 0.05) is 6.07 Å². The molecule has 0 fully saturated rings. The Morgan fingerprint density at radius 3 is 2.57 bits per heavy atom. The van der Waals surface area contributed by atoms with Gasteiger partial charge in [-0.3, -0.25) is 0 Å². The normalized spacial score (nSPS) is 10.1. The van der Waals surface area contributed by atoms with Crippen LogP contribution in [0.15, 0.2) is 60.1 Å². The summed E-state index contributed by atoms with van der Waals surface area (Å²) in [7, 11) is 0. The number of carbonyl (C=O) groups excluding carboxylic acids is 1. The lowest BCUT2D eigenvalue weighted by Crippen LogP contribution is -2.36. The Morgan fingerprint density at radius 1 is 1.05 bits per heavy atom. The lowest BCUT2D eigenvalue weighted by Gasteiger charge is -2.02. The molecule has 21 heavy (non-hydrogen) atoms. The van der Waals surface area contributed by atoms with Crippen LogP contribution in [0, 0.1) is 0 Å². The minimum atomic E-state index is -0.220. The summed E-state index contributed by atoms with van der Waals surface area (Å²) in [6, 6.07) is 17.7. The van der Waals surface area contributed by atoms with Crippen LogP contribution < -0.4 is 4.57 Å². The first kappa shape index (κ1) is 15.7. The zero-order valence-corrected chi connectivity index (χ0v) is 13.8. The molecule has 5 heteroatoms. The topological polar surface area (TPSA) is 30.2 Å². The summed E-state index contributed by atoms with van der Waals surface area (Å²) in [4.78, 5) is 11.9. The second-order valence-corrected chi connectivity index (χ2v) is 5.35. The van der Waals surface area contributed by atoms with E-state index in [2.05, 4.69) is 0 Å². The molecule has 3 aromatic rings. The number of halogens is 1. The van der Waals surface area contributed by atoms with E-state index >= 15 is 0 Å². The van der Waals surface area contributed by atoms with Gasteiger partial charge in [-0.1, -0.05) is 53.8 Å². The van der Waals surface area contributed by atoms with Crippen molar-refractivity contribution < 1.29 is 14.1 Å². The van der Waals surface area contributed by atoms with Gasteiger partial charge in [0.1, 0.15) is 11.3 Å². The summed E-state index contributed by atoms with van der Waals surface area (Å²) in [6.45, 7) is 0.569. The maximum Gasteiger partial charge on any atom is 0.373 e. The molecule has 0 aliphatic heterocycles. The smallest absolute Gasteiger partial charge is 0.373 e. The Labute approximate surface area is 137 Å². The molecule has 0 amide bonds. The molecule has 0 saturated heterocycles. The van der Waals surface area contributed by atoms with Crippen molar-refractivity contribution in [2.75, 3.05) is 0 Å². The molecule has 0 aliphatic carbocycles. The second-order valence-electron chi connectivity index (χ2n) is 4.47. The number of benzene rings is 2. The van der Waals surface area contributed by atoms with E-state index in [1.165, 1.54) is 4.70 Å². The van der Waals surface area contributed by atoms with Crippen LogP contribution in [0.2, 0.25) is 0 Å². The van der Waals surface area contributed by atoms with Gasteiger partial charge in [-0.15, -0.1) is 17.0 Å². The first-order valence-corrected chi connectivity index (χ1v) is 7.26. The number of aromatic nitrogens is 1. The molecule has 0 N–H and O–H groups in total. The fourth-order valence-electron chi connectivity index (χ4n) is 2.02. The highest BCUT2D eigenvalue weighted by Crippen LogP contribution is 2.14. The fraction of sp³-hybridized carbons (Fsp3) is 0.125. The van der Waals surface area contributed by atoms with Gasteiger partial charge in [0.2, 0.25) is 17.6 Å². The molecular weight excluding hydrogens is 350 g/mol. The van der Waals surface area contributed by atoms with Crippen molar-refractivity contribution in [3.63, 3.8) is 0 Å². The first-order chi connectivity index (χ1) is 9.83. The highest BCUT2D eigenvalue weighted by Gasteiger charge is 2.16. The standard InChI is InChI=1S/C16H14NO2S.BrH/c18-16(19-11-13-6-2-1-3-7-13)10-17-12-20-15-9-5-4-8-14(15)17;/h1-9,12H,10-11H2;1H/q+1;. The molecule has 0 spiro atoms. The predicted octanol–water partition coefficient (Wildman–Crippen LogP) is 3.51. The molecule has 0 bridgehead atoms. The quantitative estimate of drug-likeness (QED) is 0.523. The molecule has 3 rings (SSSR count). The summed E-state index contributed by atoms with van der Waals surface area (Å²) >= 11 is 1.63.